The number of nitrogens with two attached hydrogens (primary N) is 1. The number of Topliss-reactive ketones (excluding diaryl/α,β-unsaturated/α-hetero) is 1. The Morgan fingerprint density at radius 3 is 2.61 bits per heavy atom. The van der Waals surface area contributed by atoms with Crippen molar-refractivity contribution in [3.05, 3.63) is 52.8 Å². The number of rotatable bonds is 3. The van der Waals surface area contributed by atoms with Gasteiger partial charge in [0.1, 0.15) is 0 Å². The maximum Gasteiger partial charge on any atom is 0.184 e. The minimum absolute atomic E-state index is 0.0777. The minimum atomic E-state index is -0.652. The van der Waals surface area contributed by atoms with Crippen molar-refractivity contribution in [1.82, 2.24) is 9.78 Å². The van der Waals surface area contributed by atoms with E-state index >= 15 is 0 Å². The van der Waals surface area contributed by atoms with E-state index in [0.29, 0.717) is 5.56 Å². The molecule has 0 aliphatic carbocycles. The fourth-order valence-electron chi connectivity index (χ4n) is 1.83. The second-order valence-corrected chi connectivity index (χ2v) is 4.59. The molecule has 94 valence electrons. The van der Waals surface area contributed by atoms with Crippen LogP contribution in [0.3, 0.4) is 0 Å². The lowest BCUT2D eigenvalue weighted by molar-refractivity contribution is 0.0961. The van der Waals surface area contributed by atoms with Crippen LogP contribution < -0.4 is 5.73 Å². The Hall–Kier alpha value is -1.94. The first-order chi connectivity index (χ1) is 8.49. The van der Waals surface area contributed by atoms with E-state index in [1.807, 2.05) is 32.0 Å². The molecule has 2 N–H and O–H groups in total. The molecular formula is C14H17N3O. The number of hydrogen-bond donors (Lipinski definition) is 1. The third-order valence-electron chi connectivity index (χ3n) is 3.16. The van der Waals surface area contributed by atoms with Gasteiger partial charge in [0.05, 0.1) is 12.2 Å². The van der Waals surface area contributed by atoms with Crippen molar-refractivity contribution in [2.24, 2.45) is 12.8 Å². The Labute approximate surface area is 106 Å². The van der Waals surface area contributed by atoms with Crippen molar-refractivity contribution in [2.45, 2.75) is 19.9 Å². The van der Waals surface area contributed by atoms with Crippen LogP contribution in [-0.2, 0) is 7.05 Å². The van der Waals surface area contributed by atoms with Gasteiger partial charge in [0.25, 0.3) is 0 Å². The van der Waals surface area contributed by atoms with Gasteiger partial charge in [-0.1, -0.05) is 12.1 Å². The Balaban J connectivity index is 2.28. The number of benzene rings is 1. The lowest BCUT2D eigenvalue weighted by atomic mass is 9.97. The summed E-state index contributed by atoms with van der Waals surface area (Å²) >= 11 is 0. The smallest absolute Gasteiger partial charge is 0.184 e. The molecular weight excluding hydrogens is 226 g/mol. The number of carbonyl (C=O) groups excluding carboxylic acids is 1. The third kappa shape index (κ3) is 2.33. The van der Waals surface area contributed by atoms with Crippen LogP contribution in [0.2, 0.25) is 0 Å². The predicted octanol–water partition coefficient (Wildman–Crippen LogP) is 1.92. The first-order valence-electron chi connectivity index (χ1n) is 5.84. The average Bonchev–Trinajstić information content (AvgIpc) is 2.77. The van der Waals surface area contributed by atoms with Gasteiger partial charge in [0.15, 0.2) is 5.78 Å². The molecule has 1 aromatic heterocycles. The molecule has 0 amide bonds. The monoisotopic (exact) mass is 243 g/mol. The van der Waals surface area contributed by atoms with E-state index in [-0.39, 0.29) is 5.78 Å². The fourth-order valence-corrected chi connectivity index (χ4v) is 1.83. The van der Waals surface area contributed by atoms with Crippen molar-refractivity contribution >= 4 is 5.78 Å². The molecule has 0 saturated carbocycles. The van der Waals surface area contributed by atoms with Crippen LogP contribution >= 0.6 is 0 Å². The van der Waals surface area contributed by atoms with Crippen LogP contribution in [0.4, 0.5) is 0 Å². The van der Waals surface area contributed by atoms with E-state index < -0.39 is 6.04 Å². The van der Waals surface area contributed by atoms with Crippen LogP contribution in [0.1, 0.15) is 33.1 Å². The summed E-state index contributed by atoms with van der Waals surface area (Å²) in [6.07, 6.45) is 3.40. The molecule has 0 radical (unpaired) electrons. The zero-order chi connectivity index (χ0) is 13.3. The molecule has 1 heterocycles. The Bertz CT molecular complexity index is 586. The summed E-state index contributed by atoms with van der Waals surface area (Å²) < 4.78 is 1.64. The van der Waals surface area contributed by atoms with Gasteiger partial charge in [0, 0.05) is 24.4 Å². The summed E-state index contributed by atoms with van der Waals surface area (Å²) in [5.74, 6) is -0.0777. The Morgan fingerprint density at radius 1 is 1.33 bits per heavy atom. The number of aryl methyl sites for hydroxylation is 3. The average molecular weight is 243 g/mol. The van der Waals surface area contributed by atoms with Crippen LogP contribution in [-0.4, -0.2) is 15.6 Å². The molecule has 18 heavy (non-hydrogen) atoms. The molecule has 4 heteroatoms. The summed E-state index contributed by atoms with van der Waals surface area (Å²) in [5.41, 5.74) is 9.62. The quantitative estimate of drug-likeness (QED) is 0.838. The molecule has 0 bridgehead atoms. The second kappa shape index (κ2) is 4.74. The molecule has 4 nitrogen and oxygen atoms in total. The minimum Gasteiger partial charge on any atom is -0.317 e. The predicted molar refractivity (Wildman–Crippen MR) is 70.4 cm³/mol. The van der Waals surface area contributed by atoms with Crippen molar-refractivity contribution < 1.29 is 4.79 Å². The highest BCUT2D eigenvalue weighted by molar-refractivity contribution is 6.00. The lowest BCUT2D eigenvalue weighted by Gasteiger charge is -2.10. The first kappa shape index (κ1) is 12.5. The van der Waals surface area contributed by atoms with E-state index in [4.69, 9.17) is 5.73 Å². The first-order valence-corrected chi connectivity index (χ1v) is 5.84. The zero-order valence-electron chi connectivity index (χ0n) is 10.8. The highest BCUT2D eigenvalue weighted by Gasteiger charge is 2.19. The van der Waals surface area contributed by atoms with Gasteiger partial charge in [-0.3, -0.25) is 9.48 Å². The topological polar surface area (TPSA) is 60.9 Å². The van der Waals surface area contributed by atoms with Crippen molar-refractivity contribution in [1.29, 1.82) is 0 Å². The van der Waals surface area contributed by atoms with Crippen molar-refractivity contribution in [3.63, 3.8) is 0 Å². The van der Waals surface area contributed by atoms with Gasteiger partial charge >= 0.3 is 0 Å². The molecule has 0 aliphatic heterocycles. The molecule has 2 rings (SSSR count). The summed E-state index contributed by atoms with van der Waals surface area (Å²) in [5, 5.41) is 4.03. The number of aromatic nitrogens is 2. The van der Waals surface area contributed by atoms with E-state index in [0.717, 1.165) is 11.1 Å². The summed E-state index contributed by atoms with van der Waals surface area (Å²) in [6.45, 7) is 4.01. The van der Waals surface area contributed by atoms with E-state index in [2.05, 4.69) is 5.10 Å². The third-order valence-corrected chi connectivity index (χ3v) is 3.16. The Kier molecular flexibility index (Phi) is 3.30. The maximum atomic E-state index is 12.3. The number of carbonyl (C=O) groups is 1. The van der Waals surface area contributed by atoms with Crippen molar-refractivity contribution in [3.8, 4) is 0 Å². The lowest BCUT2D eigenvalue weighted by Crippen LogP contribution is -2.21. The van der Waals surface area contributed by atoms with E-state index in [1.54, 1.807) is 24.1 Å². The molecule has 1 aromatic carbocycles. The zero-order valence-corrected chi connectivity index (χ0v) is 10.8. The number of ketones is 1. The molecule has 0 saturated heterocycles. The molecule has 1 atom stereocenters. The summed E-state index contributed by atoms with van der Waals surface area (Å²) in [6, 6.07) is 4.99. The van der Waals surface area contributed by atoms with Gasteiger partial charge in [0.2, 0.25) is 0 Å². The molecule has 1 unspecified atom stereocenters. The maximum absolute atomic E-state index is 12.3. The number of nitrogens with zero attached hydrogens (tertiary/aromatic N) is 2. The summed E-state index contributed by atoms with van der Waals surface area (Å²) in [4.78, 5) is 12.3. The van der Waals surface area contributed by atoms with Crippen molar-refractivity contribution in [2.75, 3.05) is 0 Å². The van der Waals surface area contributed by atoms with E-state index in [1.165, 1.54) is 5.56 Å². The van der Waals surface area contributed by atoms with E-state index in [9.17, 15) is 4.79 Å². The number of hydrogen-bond acceptors (Lipinski definition) is 3. The van der Waals surface area contributed by atoms with Gasteiger partial charge in [-0.2, -0.15) is 5.10 Å². The SMILES string of the molecule is Cc1ccc(C(=O)C(N)c2cnn(C)c2)cc1C. The molecule has 0 aliphatic rings. The fraction of sp³-hybridized carbons (Fsp3) is 0.286. The van der Waals surface area contributed by atoms with Gasteiger partial charge in [-0.15, -0.1) is 0 Å². The largest absolute Gasteiger partial charge is 0.317 e. The van der Waals surface area contributed by atoms with Crippen LogP contribution in [0.25, 0.3) is 0 Å². The van der Waals surface area contributed by atoms with Gasteiger partial charge in [-0.25, -0.2) is 0 Å². The molecule has 0 fully saturated rings. The highest BCUT2D eigenvalue weighted by atomic mass is 16.1. The van der Waals surface area contributed by atoms with Crippen LogP contribution in [0.15, 0.2) is 30.6 Å². The van der Waals surface area contributed by atoms with Gasteiger partial charge < -0.3 is 5.73 Å². The van der Waals surface area contributed by atoms with Gasteiger partial charge in [-0.05, 0) is 31.0 Å². The molecule has 0 spiro atoms. The standard InChI is InChI=1S/C14H17N3O/c1-9-4-5-11(6-10(9)2)14(18)13(15)12-7-16-17(3)8-12/h4-8,13H,15H2,1-3H3. The van der Waals surface area contributed by atoms with Crippen LogP contribution in [0, 0.1) is 13.8 Å². The highest BCUT2D eigenvalue weighted by Crippen LogP contribution is 2.17. The second-order valence-electron chi connectivity index (χ2n) is 4.59. The molecule has 2 aromatic rings. The Morgan fingerprint density at radius 2 is 2.06 bits per heavy atom. The summed E-state index contributed by atoms with van der Waals surface area (Å²) in [7, 11) is 1.80. The van der Waals surface area contributed by atoms with Crippen LogP contribution in [0.5, 0.6) is 0 Å². The normalized spacial score (nSPS) is 12.4.